The monoisotopic (exact) mass is 415 g/mol. The molecule has 0 bridgehead atoms. The molecule has 1 aromatic heterocycles. The molecule has 0 aliphatic heterocycles. The minimum absolute atomic E-state index is 0.0874. The van der Waals surface area contributed by atoms with Gasteiger partial charge in [-0.2, -0.15) is 0 Å². The molecule has 3 aromatic rings. The highest BCUT2D eigenvalue weighted by Crippen LogP contribution is 2.26. The van der Waals surface area contributed by atoms with Gasteiger partial charge in [0.05, 0.1) is 11.8 Å². The largest absolute Gasteiger partial charge is 0.302 e. The van der Waals surface area contributed by atoms with Gasteiger partial charge in [0.2, 0.25) is 0 Å². The second-order valence-corrected chi connectivity index (χ2v) is 7.96. The van der Waals surface area contributed by atoms with E-state index in [1.165, 1.54) is 17.3 Å². The lowest BCUT2D eigenvalue weighted by atomic mass is 10.1. The van der Waals surface area contributed by atoms with E-state index in [-0.39, 0.29) is 11.0 Å². The zero-order valence-electron chi connectivity index (χ0n) is 14.0. The van der Waals surface area contributed by atoms with Gasteiger partial charge in [-0.05, 0) is 31.5 Å². The number of carbonyl (C=O) groups excluding carboxylic acids is 1. The smallest absolute Gasteiger partial charge is 0.192 e. The minimum atomic E-state index is -0.237. The number of rotatable bonds is 6. The van der Waals surface area contributed by atoms with Crippen LogP contribution in [0, 0.1) is 6.92 Å². The van der Waals surface area contributed by atoms with E-state index in [9.17, 15) is 4.79 Å². The maximum Gasteiger partial charge on any atom is 0.192 e. The van der Waals surface area contributed by atoms with E-state index in [0.717, 1.165) is 15.5 Å². The molecule has 0 radical (unpaired) electrons. The number of hydrogen-bond donors (Lipinski definition) is 0. The highest BCUT2D eigenvalue weighted by Gasteiger charge is 2.20. The van der Waals surface area contributed by atoms with Gasteiger partial charge in [0.25, 0.3) is 0 Å². The predicted molar refractivity (Wildman–Crippen MR) is 104 cm³/mol. The Bertz CT molecular complexity index is 862. The first kappa shape index (κ1) is 17.9. The quantitative estimate of drug-likeness (QED) is 0.430. The number of halogens is 1. The van der Waals surface area contributed by atoms with Crippen molar-refractivity contribution in [3.63, 3.8) is 0 Å². The summed E-state index contributed by atoms with van der Waals surface area (Å²) in [6.45, 7) is 4.54. The maximum absolute atomic E-state index is 12.6. The Labute approximate surface area is 159 Å². The van der Waals surface area contributed by atoms with Crippen LogP contribution in [0.4, 0.5) is 0 Å². The molecule has 0 amide bonds. The van der Waals surface area contributed by atoms with E-state index in [1.807, 2.05) is 60.9 Å². The van der Waals surface area contributed by atoms with Crippen LogP contribution in [0.3, 0.4) is 0 Å². The average Bonchev–Trinajstić information content (AvgIpc) is 2.96. The summed E-state index contributed by atoms with van der Waals surface area (Å²) in [5.74, 6) is 0.930. The molecule has 0 unspecified atom stereocenters. The van der Waals surface area contributed by atoms with Gasteiger partial charge < -0.3 is 4.57 Å². The number of ketones is 1. The first-order chi connectivity index (χ1) is 12.0. The molecule has 0 aliphatic rings. The van der Waals surface area contributed by atoms with Crippen LogP contribution in [-0.4, -0.2) is 25.8 Å². The summed E-state index contributed by atoms with van der Waals surface area (Å²) in [5.41, 5.74) is 1.88. The maximum atomic E-state index is 12.6. The van der Waals surface area contributed by atoms with Crippen LogP contribution in [0.25, 0.3) is 0 Å². The van der Waals surface area contributed by atoms with E-state index in [2.05, 4.69) is 38.3 Å². The Morgan fingerprint density at radius 2 is 1.80 bits per heavy atom. The topological polar surface area (TPSA) is 47.8 Å². The van der Waals surface area contributed by atoms with Crippen LogP contribution in [0.2, 0.25) is 0 Å². The van der Waals surface area contributed by atoms with Crippen LogP contribution in [-0.2, 0) is 6.54 Å². The van der Waals surface area contributed by atoms with E-state index in [1.54, 1.807) is 0 Å². The number of benzene rings is 2. The van der Waals surface area contributed by atoms with Crippen molar-refractivity contribution in [2.24, 2.45) is 0 Å². The highest BCUT2D eigenvalue weighted by molar-refractivity contribution is 9.10. The lowest BCUT2D eigenvalue weighted by Gasteiger charge is -2.12. The van der Waals surface area contributed by atoms with Crippen LogP contribution in [0.15, 0.2) is 64.2 Å². The second-order valence-electron chi connectivity index (χ2n) is 5.73. The number of aryl methyl sites for hydroxylation is 1. The van der Waals surface area contributed by atoms with Crippen molar-refractivity contribution in [3.8, 4) is 0 Å². The van der Waals surface area contributed by atoms with Crippen molar-refractivity contribution >= 4 is 33.5 Å². The van der Waals surface area contributed by atoms with Crippen molar-refractivity contribution in [2.45, 2.75) is 30.8 Å². The molecule has 4 nitrogen and oxygen atoms in total. The van der Waals surface area contributed by atoms with Crippen molar-refractivity contribution in [3.05, 3.63) is 76.0 Å². The fourth-order valence-corrected chi connectivity index (χ4v) is 3.69. The molecular formula is C19H18BrN3OS. The number of hydrogen-bond acceptors (Lipinski definition) is 4. The Hall–Kier alpha value is -1.92. The SMILES string of the molecule is Cc1nnc(S[C@@H](C)C(=O)c2ccc(Br)cc2)n1Cc1ccccc1. The van der Waals surface area contributed by atoms with E-state index in [4.69, 9.17) is 0 Å². The minimum Gasteiger partial charge on any atom is -0.302 e. The highest BCUT2D eigenvalue weighted by atomic mass is 79.9. The molecule has 0 saturated heterocycles. The summed E-state index contributed by atoms with van der Waals surface area (Å²) < 4.78 is 3.01. The molecule has 0 fully saturated rings. The molecule has 128 valence electrons. The van der Waals surface area contributed by atoms with Gasteiger partial charge in [-0.3, -0.25) is 4.79 Å². The normalized spacial score (nSPS) is 12.1. The molecule has 6 heteroatoms. The summed E-state index contributed by atoms with van der Waals surface area (Å²) >= 11 is 4.84. The summed E-state index contributed by atoms with van der Waals surface area (Å²) in [5, 5.41) is 8.97. The predicted octanol–water partition coefficient (Wildman–Crippen LogP) is 4.76. The fraction of sp³-hybridized carbons (Fsp3) is 0.211. The summed E-state index contributed by atoms with van der Waals surface area (Å²) in [4.78, 5) is 12.6. The fourth-order valence-electron chi connectivity index (χ4n) is 2.46. The van der Waals surface area contributed by atoms with E-state index >= 15 is 0 Å². The van der Waals surface area contributed by atoms with Gasteiger partial charge in [0.1, 0.15) is 5.82 Å². The molecule has 0 N–H and O–H groups in total. The number of thioether (sulfide) groups is 1. The van der Waals surface area contributed by atoms with E-state index < -0.39 is 0 Å². The molecule has 0 saturated carbocycles. The van der Waals surface area contributed by atoms with Gasteiger partial charge in [0, 0.05) is 10.0 Å². The first-order valence-corrected chi connectivity index (χ1v) is 9.62. The van der Waals surface area contributed by atoms with Crippen LogP contribution >= 0.6 is 27.7 Å². The average molecular weight is 416 g/mol. The van der Waals surface area contributed by atoms with Crippen molar-refractivity contribution in [1.82, 2.24) is 14.8 Å². The molecule has 1 atom stereocenters. The Morgan fingerprint density at radius 3 is 2.48 bits per heavy atom. The van der Waals surface area contributed by atoms with E-state index in [0.29, 0.717) is 12.1 Å². The molecule has 0 aliphatic carbocycles. The van der Waals surface area contributed by atoms with Gasteiger partial charge in [-0.1, -0.05) is 70.2 Å². The molecule has 2 aromatic carbocycles. The molecule has 25 heavy (non-hydrogen) atoms. The molecule has 0 spiro atoms. The van der Waals surface area contributed by atoms with Gasteiger partial charge in [-0.25, -0.2) is 0 Å². The zero-order valence-corrected chi connectivity index (χ0v) is 16.4. The third kappa shape index (κ3) is 4.38. The number of carbonyl (C=O) groups is 1. The number of Topliss-reactive ketones (excluding diaryl/α,β-unsaturated/α-hetero) is 1. The van der Waals surface area contributed by atoms with Crippen LogP contribution in [0.1, 0.15) is 28.7 Å². The van der Waals surface area contributed by atoms with Crippen LogP contribution < -0.4 is 0 Å². The third-order valence-electron chi connectivity index (χ3n) is 3.87. The van der Waals surface area contributed by atoms with Crippen molar-refractivity contribution < 1.29 is 4.79 Å². The standard InChI is InChI=1S/C19H18BrN3OS/c1-13(18(24)16-8-10-17(20)11-9-16)25-19-22-21-14(2)23(19)12-15-6-4-3-5-7-15/h3-11,13H,12H2,1-2H3/t13-/m0/s1. The van der Waals surface area contributed by atoms with Crippen molar-refractivity contribution in [2.75, 3.05) is 0 Å². The number of aromatic nitrogens is 3. The van der Waals surface area contributed by atoms with Gasteiger partial charge in [-0.15, -0.1) is 10.2 Å². The molecule has 3 rings (SSSR count). The first-order valence-electron chi connectivity index (χ1n) is 7.95. The molecular weight excluding hydrogens is 398 g/mol. The van der Waals surface area contributed by atoms with Gasteiger partial charge in [0.15, 0.2) is 10.9 Å². The Morgan fingerprint density at radius 1 is 1.12 bits per heavy atom. The molecule has 1 heterocycles. The zero-order chi connectivity index (χ0) is 17.8. The number of nitrogens with zero attached hydrogens (tertiary/aromatic N) is 3. The van der Waals surface area contributed by atoms with Crippen molar-refractivity contribution in [1.29, 1.82) is 0 Å². The third-order valence-corrected chi connectivity index (χ3v) is 5.47. The summed E-state index contributed by atoms with van der Waals surface area (Å²) in [6.07, 6.45) is 0. The second kappa shape index (κ2) is 7.97. The van der Waals surface area contributed by atoms with Gasteiger partial charge >= 0.3 is 0 Å². The summed E-state index contributed by atoms with van der Waals surface area (Å²) in [7, 11) is 0. The Kier molecular flexibility index (Phi) is 5.71. The Balaban J connectivity index is 1.76. The lowest BCUT2D eigenvalue weighted by Crippen LogP contribution is -2.15. The summed E-state index contributed by atoms with van der Waals surface area (Å²) in [6, 6.07) is 17.6. The lowest BCUT2D eigenvalue weighted by molar-refractivity contribution is 0.0994. The van der Waals surface area contributed by atoms with Crippen LogP contribution in [0.5, 0.6) is 0 Å².